The number of ether oxygens (including phenoxy) is 2. The Kier molecular flexibility index (Phi) is 9.73. The van der Waals surface area contributed by atoms with Crippen molar-refractivity contribution < 1.29 is 27.5 Å². The smallest absolute Gasteiger partial charge is 0.257 e. The molecule has 190 valence electrons. The first kappa shape index (κ1) is 26.4. The lowest BCUT2D eigenvalue weighted by molar-refractivity contribution is -0.126. The number of hydrogen-bond donors (Lipinski definition) is 1. The molecule has 1 N–H and O–H groups in total. The zero-order valence-electron chi connectivity index (χ0n) is 20.3. The topological polar surface area (TPSA) is 105 Å². The van der Waals surface area contributed by atoms with Crippen LogP contribution in [0.4, 0.5) is 0 Å². The predicted octanol–water partition coefficient (Wildman–Crippen LogP) is 2.26. The van der Waals surface area contributed by atoms with Gasteiger partial charge < -0.3 is 19.7 Å². The number of likely N-dealkylation sites (tertiary alicyclic amines) is 1. The lowest BCUT2D eigenvalue weighted by atomic mass is 9.95. The average Bonchev–Trinajstić information content (AvgIpc) is 3.16. The van der Waals surface area contributed by atoms with Gasteiger partial charge in [-0.25, -0.2) is 8.42 Å². The molecule has 2 amide bonds. The SMILES string of the molecule is COCCCNC(=O)C1CCN(C(=O)c2cc(S(=O)(=O)N3CCCCCC3)ccc2OC)CC1. The highest BCUT2D eigenvalue weighted by atomic mass is 32.2. The van der Waals surface area contributed by atoms with Gasteiger partial charge in [-0.2, -0.15) is 4.31 Å². The number of benzene rings is 1. The highest BCUT2D eigenvalue weighted by Crippen LogP contribution is 2.28. The number of nitrogens with zero attached hydrogens (tertiary/aromatic N) is 2. The van der Waals surface area contributed by atoms with E-state index in [4.69, 9.17) is 9.47 Å². The van der Waals surface area contributed by atoms with Crippen LogP contribution in [0.5, 0.6) is 5.75 Å². The molecule has 0 spiro atoms. The van der Waals surface area contributed by atoms with E-state index in [1.165, 1.54) is 23.5 Å². The summed E-state index contributed by atoms with van der Waals surface area (Å²) in [5, 5.41) is 2.93. The Balaban J connectivity index is 1.68. The van der Waals surface area contributed by atoms with Crippen molar-refractivity contribution in [1.82, 2.24) is 14.5 Å². The molecule has 3 rings (SSSR count). The van der Waals surface area contributed by atoms with Gasteiger partial charge in [-0.15, -0.1) is 0 Å². The molecule has 10 heteroatoms. The zero-order chi connectivity index (χ0) is 24.6. The summed E-state index contributed by atoms with van der Waals surface area (Å²) < 4.78 is 38.4. The van der Waals surface area contributed by atoms with Gasteiger partial charge in [-0.1, -0.05) is 12.8 Å². The standard InChI is InChI=1S/C24H37N3O6S/c1-32-17-7-12-25-23(28)19-10-15-26(16-11-19)24(29)21-18-20(8-9-22(21)33-2)34(30,31)27-13-5-3-4-6-14-27/h8-9,18-19H,3-7,10-17H2,1-2H3,(H,25,28). The molecule has 0 unspecified atom stereocenters. The Labute approximate surface area is 202 Å². The van der Waals surface area contributed by atoms with Gasteiger partial charge in [0.2, 0.25) is 15.9 Å². The molecule has 9 nitrogen and oxygen atoms in total. The summed E-state index contributed by atoms with van der Waals surface area (Å²) in [6.07, 6.45) is 5.63. The lowest BCUT2D eigenvalue weighted by Crippen LogP contribution is -2.43. The second kappa shape index (κ2) is 12.5. The Hall–Kier alpha value is -2.17. The molecule has 2 saturated heterocycles. The summed E-state index contributed by atoms with van der Waals surface area (Å²) in [7, 11) is -0.589. The van der Waals surface area contributed by atoms with Gasteiger partial charge in [0.1, 0.15) is 5.75 Å². The summed E-state index contributed by atoms with van der Waals surface area (Å²) in [6.45, 7) is 3.03. The van der Waals surface area contributed by atoms with Crippen LogP contribution in [-0.4, -0.2) is 83.0 Å². The van der Waals surface area contributed by atoms with Crippen molar-refractivity contribution in [3.8, 4) is 5.75 Å². The first-order valence-electron chi connectivity index (χ1n) is 12.1. The van der Waals surface area contributed by atoms with E-state index in [2.05, 4.69) is 5.32 Å². The summed E-state index contributed by atoms with van der Waals surface area (Å²) in [5.41, 5.74) is 0.237. The third-order valence-electron chi connectivity index (χ3n) is 6.58. The van der Waals surface area contributed by atoms with E-state index in [0.29, 0.717) is 57.9 Å². The number of sulfonamides is 1. The fourth-order valence-electron chi connectivity index (χ4n) is 4.53. The summed E-state index contributed by atoms with van der Waals surface area (Å²) in [5.74, 6) is -0.0592. The molecule has 2 heterocycles. The van der Waals surface area contributed by atoms with Gasteiger partial charge in [-0.05, 0) is 50.3 Å². The second-order valence-electron chi connectivity index (χ2n) is 8.88. The van der Waals surface area contributed by atoms with Crippen molar-refractivity contribution in [1.29, 1.82) is 0 Å². The number of nitrogens with one attached hydrogen (secondary N) is 1. The highest BCUT2D eigenvalue weighted by Gasteiger charge is 2.31. The molecular weight excluding hydrogens is 458 g/mol. The van der Waals surface area contributed by atoms with E-state index in [1.54, 1.807) is 18.1 Å². The second-order valence-corrected chi connectivity index (χ2v) is 10.8. The fraction of sp³-hybridized carbons (Fsp3) is 0.667. The first-order valence-corrected chi connectivity index (χ1v) is 13.6. The van der Waals surface area contributed by atoms with Crippen LogP contribution in [0.2, 0.25) is 0 Å². The number of amides is 2. The van der Waals surface area contributed by atoms with Crippen molar-refractivity contribution in [2.45, 2.75) is 49.8 Å². The maximum Gasteiger partial charge on any atom is 0.257 e. The van der Waals surface area contributed by atoms with Crippen molar-refractivity contribution in [2.75, 3.05) is 53.6 Å². The zero-order valence-corrected chi connectivity index (χ0v) is 21.1. The van der Waals surface area contributed by atoms with Crippen molar-refractivity contribution >= 4 is 21.8 Å². The van der Waals surface area contributed by atoms with Gasteiger partial charge in [0.15, 0.2) is 0 Å². The van der Waals surface area contributed by atoms with Gasteiger partial charge in [-0.3, -0.25) is 9.59 Å². The molecule has 0 aliphatic carbocycles. The number of rotatable bonds is 9. The van der Waals surface area contributed by atoms with E-state index in [0.717, 1.165) is 32.1 Å². The van der Waals surface area contributed by atoms with Crippen LogP contribution in [0.15, 0.2) is 23.1 Å². The molecular formula is C24H37N3O6S. The normalized spacial score (nSPS) is 18.4. The van der Waals surface area contributed by atoms with Crippen LogP contribution in [0.1, 0.15) is 55.3 Å². The number of hydrogen-bond acceptors (Lipinski definition) is 6. The molecule has 2 fully saturated rings. The minimum atomic E-state index is -3.69. The molecule has 0 saturated carbocycles. The maximum atomic E-state index is 13.3. The molecule has 2 aliphatic rings. The first-order chi connectivity index (χ1) is 16.4. The Morgan fingerprint density at radius 2 is 1.71 bits per heavy atom. The minimum absolute atomic E-state index is 0.00585. The lowest BCUT2D eigenvalue weighted by Gasteiger charge is -2.32. The maximum absolute atomic E-state index is 13.3. The number of methoxy groups -OCH3 is 2. The van der Waals surface area contributed by atoms with Crippen LogP contribution in [0.25, 0.3) is 0 Å². The minimum Gasteiger partial charge on any atom is -0.496 e. The van der Waals surface area contributed by atoms with Crippen LogP contribution in [0.3, 0.4) is 0 Å². The van der Waals surface area contributed by atoms with E-state index < -0.39 is 10.0 Å². The summed E-state index contributed by atoms with van der Waals surface area (Å²) in [4.78, 5) is 27.5. The monoisotopic (exact) mass is 495 g/mol. The number of carbonyl (C=O) groups is 2. The number of piperidine rings is 1. The Morgan fingerprint density at radius 1 is 1.03 bits per heavy atom. The summed E-state index contributed by atoms with van der Waals surface area (Å²) in [6, 6.07) is 4.50. The summed E-state index contributed by atoms with van der Waals surface area (Å²) >= 11 is 0. The van der Waals surface area contributed by atoms with E-state index in [-0.39, 0.29) is 28.2 Å². The van der Waals surface area contributed by atoms with Crippen LogP contribution in [-0.2, 0) is 19.6 Å². The highest BCUT2D eigenvalue weighted by molar-refractivity contribution is 7.89. The molecule has 34 heavy (non-hydrogen) atoms. The fourth-order valence-corrected chi connectivity index (χ4v) is 6.08. The number of carbonyl (C=O) groups excluding carboxylic acids is 2. The van der Waals surface area contributed by atoms with Gasteiger partial charge in [0, 0.05) is 52.4 Å². The van der Waals surface area contributed by atoms with E-state index >= 15 is 0 Å². The Morgan fingerprint density at radius 3 is 2.32 bits per heavy atom. The molecule has 1 aromatic rings. The third kappa shape index (κ3) is 6.49. The largest absolute Gasteiger partial charge is 0.496 e. The molecule has 0 atom stereocenters. The van der Waals surface area contributed by atoms with E-state index in [9.17, 15) is 18.0 Å². The van der Waals surface area contributed by atoms with Crippen molar-refractivity contribution in [3.05, 3.63) is 23.8 Å². The average molecular weight is 496 g/mol. The van der Waals surface area contributed by atoms with Crippen LogP contribution < -0.4 is 10.1 Å². The molecule has 0 bridgehead atoms. The molecule has 2 aliphatic heterocycles. The van der Waals surface area contributed by atoms with Crippen molar-refractivity contribution in [3.63, 3.8) is 0 Å². The quantitative estimate of drug-likeness (QED) is 0.527. The molecule has 0 aromatic heterocycles. The Bertz CT molecular complexity index is 936. The predicted molar refractivity (Wildman–Crippen MR) is 128 cm³/mol. The van der Waals surface area contributed by atoms with Crippen molar-refractivity contribution in [2.24, 2.45) is 5.92 Å². The molecule has 1 aromatic carbocycles. The van der Waals surface area contributed by atoms with Gasteiger partial charge in [0.05, 0.1) is 17.6 Å². The molecule has 0 radical (unpaired) electrons. The third-order valence-corrected chi connectivity index (χ3v) is 8.48. The van der Waals surface area contributed by atoms with Gasteiger partial charge in [0.25, 0.3) is 5.91 Å². The van der Waals surface area contributed by atoms with E-state index in [1.807, 2.05) is 0 Å². The van der Waals surface area contributed by atoms with Crippen LogP contribution >= 0.6 is 0 Å². The van der Waals surface area contributed by atoms with Crippen LogP contribution in [0, 0.1) is 5.92 Å². The van der Waals surface area contributed by atoms with Gasteiger partial charge >= 0.3 is 0 Å².